The zero-order valence-electron chi connectivity index (χ0n) is 17.9. The average molecular weight is 439 g/mol. The van der Waals surface area contributed by atoms with Crippen LogP contribution in [0.2, 0.25) is 0 Å². The molecular formula is C23H26N4O3S. The summed E-state index contributed by atoms with van der Waals surface area (Å²) in [5.41, 5.74) is 1.82. The predicted octanol–water partition coefficient (Wildman–Crippen LogP) is 4.65. The fourth-order valence-corrected chi connectivity index (χ4v) is 3.70. The summed E-state index contributed by atoms with van der Waals surface area (Å²) < 4.78 is 13.1. The number of hydrogen-bond donors (Lipinski definition) is 1. The predicted molar refractivity (Wildman–Crippen MR) is 123 cm³/mol. The SMILES string of the molecule is C=CCn1c(SCC(=O)Nc2ccccc2C)nnc1C(C)Oc1ccc(OC)cc1. The van der Waals surface area contributed by atoms with E-state index in [4.69, 9.17) is 9.47 Å². The number of aryl methyl sites for hydroxylation is 1. The van der Waals surface area contributed by atoms with Gasteiger partial charge in [0.05, 0.1) is 12.9 Å². The number of amides is 1. The van der Waals surface area contributed by atoms with Gasteiger partial charge in [0.2, 0.25) is 5.91 Å². The highest BCUT2D eigenvalue weighted by atomic mass is 32.2. The lowest BCUT2D eigenvalue weighted by atomic mass is 10.2. The quantitative estimate of drug-likeness (QED) is 0.367. The topological polar surface area (TPSA) is 78.3 Å². The van der Waals surface area contributed by atoms with Crippen LogP contribution in [-0.2, 0) is 11.3 Å². The maximum atomic E-state index is 12.4. The van der Waals surface area contributed by atoms with Crippen molar-refractivity contribution in [1.29, 1.82) is 0 Å². The minimum absolute atomic E-state index is 0.100. The van der Waals surface area contributed by atoms with E-state index in [9.17, 15) is 4.79 Å². The van der Waals surface area contributed by atoms with Gasteiger partial charge in [0, 0.05) is 12.2 Å². The third-order valence-electron chi connectivity index (χ3n) is 4.54. The molecule has 1 amide bonds. The maximum absolute atomic E-state index is 12.4. The molecule has 0 saturated carbocycles. The zero-order chi connectivity index (χ0) is 22.2. The number of methoxy groups -OCH3 is 1. The molecule has 0 aliphatic carbocycles. The number of anilines is 1. The molecule has 0 aliphatic heterocycles. The molecule has 3 aromatic rings. The Kier molecular flexibility index (Phi) is 7.72. The van der Waals surface area contributed by atoms with Crippen molar-refractivity contribution < 1.29 is 14.3 Å². The van der Waals surface area contributed by atoms with Crippen molar-refractivity contribution in [3.63, 3.8) is 0 Å². The molecule has 1 N–H and O–H groups in total. The molecule has 1 unspecified atom stereocenters. The van der Waals surface area contributed by atoms with Gasteiger partial charge in [-0.2, -0.15) is 0 Å². The van der Waals surface area contributed by atoms with Crippen molar-refractivity contribution in [3.8, 4) is 11.5 Å². The Balaban J connectivity index is 1.66. The Hall–Kier alpha value is -3.26. The van der Waals surface area contributed by atoms with Gasteiger partial charge in [0.15, 0.2) is 17.1 Å². The van der Waals surface area contributed by atoms with Crippen LogP contribution in [0.15, 0.2) is 66.3 Å². The second kappa shape index (κ2) is 10.7. The van der Waals surface area contributed by atoms with Crippen molar-refractivity contribution in [3.05, 3.63) is 72.6 Å². The molecule has 1 heterocycles. The van der Waals surface area contributed by atoms with Crippen LogP contribution in [0.25, 0.3) is 0 Å². The van der Waals surface area contributed by atoms with E-state index in [0.29, 0.717) is 23.3 Å². The molecule has 1 atom stereocenters. The lowest BCUT2D eigenvalue weighted by Crippen LogP contribution is -2.16. The third kappa shape index (κ3) is 5.88. The average Bonchev–Trinajstić information content (AvgIpc) is 3.17. The molecule has 0 saturated heterocycles. The van der Waals surface area contributed by atoms with Crippen LogP contribution < -0.4 is 14.8 Å². The van der Waals surface area contributed by atoms with Crippen LogP contribution in [-0.4, -0.2) is 33.5 Å². The Morgan fingerprint density at radius 2 is 1.90 bits per heavy atom. The third-order valence-corrected chi connectivity index (χ3v) is 5.51. The van der Waals surface area contributed by atoms with E-state index < -0.39 is 0 Å². The van der Waals surface area contributed by atoms with Crippen molar-refractivity contribution in [1.82, 2.24) is 14.8 Å². The van der Waals surface area contributed by atoms with Gasteiger partial charge in [0.25, 0.3) is 0 Å². The lowest BCUT2D eigenvalue weighted by Gasteiger charge is -2.16. The van der Waals surface area contributed by atoms with Crippen LogP contribution in [0.1, 0.15) is 24.4 Å². The highest BCUT2D eigenvalue weighted by Gasteiger charge is 2.20. The highest BCUT2D eigenvalue weighted by Crippen LogP contribution is 2.26. The molecule has 8 heteroatoms. The number of ether oxygens (including phenoxy) is 2. The van der Waals surface area contributed by atoms with E-state index in [1.54, 1.807) is 13.2 Å². The van der Waals surface area contributed by atoms with Gasteiger partial charge in [-0.1, -0.05) is 36.0 Å². The molecule has 2 aromatic carbocycles. The summed E-state index contributed by atoms with van der Waals surface area (Å²) in [7, 11) is 1.62. The molecule has 0 fully saturated rings. The molecule has 0 aliphatic rings. The van der Waals surface area contributed by atoms with Gasteiger partial charge in [-0.25, -0.2) is 0 Å². The fraction of sp³-hybridized carbons (Fsp3) is 0.261. The molecule has 0 spiro atoms. The van der Waals surface area contributed by atoms with Crippen molar-refractivity contribution >= 4 is 23.4 Å². The number of allylic oxidation sites excluding steroid dienone is 1. The highest BCUT2D eigenvalue weighted by molar-refractivity contribution is 7.99. The van der Waals surface area contributed by atoms with Crippen molar-refractivity contribution in [2.75, 3.05) is 18.2 Å². The van der Waals surface area contributed by atoms with Gasteiger partial charge < -0.3 is 14.8 Å². The smallest absolute Gasteiger partial charge is 0.234 e. The van der Waals surface area contributed by atoms with Crippen LogP contribution in [0.4, 0.5) is 5.69 Å². The van der Waals surface area contributed by atoms with Crippen molar-refractivity contribution in [2.24, 2.45) is 0 Å². The summed E-state index contributed by atoms with van der Waals surface area (Å²) >= 11 is 1.33. The van der Waals surface area contributed by atoms with Crippen LogP contribution in [0, 0.1) is 6.92 Å². The molecule has 162 valence electrons. The number of carbonyl (C=O) groups is 1. The summed E-state index contributed by atoms with van der Waals surface area (Å²) in [5, 5.41) is 12.1. The molecular weight excluding hydrogens is 412 g/mol. The van der Waals surface area contributed by atoms with E-state index in [1.807, 2.05) is 66.9 Å². The number of nitrogens with zero attached hydrogens (tertiary/aromatic N) is 3. The summed E-state index contributed by atoms with van der Waals surface area (Å²) in [4.78, 5) is 12.4. The van der Waals surface area contributed by atoms with Crippen LogP contribution >= 0.6 is 11.8 Å². The minimum atomic E-state index is -0.337. The molecule has 0 bridgehead atoms. The van der Waals surface area contributed by atoms with Gasteiger partial charge in [-0.3, -0.25) is 9.36 Å². The number of thioether (sulfide) groups is 1. The first kappa shape index (κ1) is 22.4. The summed E-state index contributed by atoms with van der Waals surface area (Å²) in [6.07, 6.45) is 1.43. The number of aromatic nitrogens is 3. The Bertz CT molecular complexity index is 1030. The van der Waals surface area contributed by atoms with Gasteiger partial charge in [0.1, 0.15) is 11.5 Å². The minimum Gasteiger partial charge on any atom is -0.497 e. The molecule has 1 aromatic heterocycles. The molecule has 0 radical (unpaired) electrons. The van der Waals surface area contributed by atoms with Gasteiger partial charge >= 0.3 is 0 Å². The van der Waals surface area contributed by atoms with E-state index in [0.717, 1.165) is 17.0 Å². The number of hydrogen-bond acceptors (Lipinski definition) is 6. The van der Waals surface area contributed by atoms with Crippen LogP contribution in [0.3, 0.4) is 0 Å². The van der Waals surface area contributed by atoms with E-state index >= 15 is 0 Å². The Morgan fingerprint density at radius 3 is 2.58 bits per heavy atom. The first-order valence-electron chi connectivity index (χ1n) is 9.84. The van der Waals surface area contributed by atoms with E-state index in [2.05, 4.69) is 22.1 Å². The van der Waals surface area contributed by atoms with Gasteiger partial charge in [-0.05, 0) is 49.7 Å². The Labute approximate surface area is 186 Å². The van der Waals surface area contributed by atoms with E-state index in [1.165, 1.54) is 11.8 Å². The second-order valence-corrected chi connectivity index (χ2v) is 7.77. The number of rotatable bonds is 10. The number of nitrogens with one attached hydrogen (secondary N) is 1. The van der Waals surface area contributed by atoms with E-state index in [-0.39, 0.29) is 17.8 Å². The van der Waals surface area contributed by atoms with Gasteiger partial charge in [-0.15, -0.1) is 16.8 Å². The maximum Gasteiger partial charge on any atom is 0.234 e. The number of benzene rings is 2. The molecule has 31 heavy (non-hydrogen) atoms. The first-order chi connectivity index (χ1) is 15.0. The molecule has 7 nitrogen and oxygen atoms in total. The monoisotopic (exact) mass is 438 g/mol. The Morgan fingerprint density at radius 1 is 1.19 bits per heavy atom. The van der Waals surface area contributed by atoms with Crippen molar-refractivity contribution in [2.45, 2.75) is 31.7 Å². The van der Waals surface area contributed by atoms with Crippen LogP contribution in [0.5, 0.6) is 11.5 Å². The zero-order valence-corrected chi connectivity index (χ0v) is 18.7. The normalized spacial score (nSPS) is 11.6. The summed E-state index contributed by atoms with van der Waals surface area (Å²) in [5.74, 6) is 2.25. The number of para-hydroxylation sites is 1. The fourth-order valence-electron chi connectivity index (χ4n) is 2.95. The summed E-state index contributed by atoms with van der Waals surface area (Å²) in [6.45, 7) is 8.20. The first-order valence-corrected chi connectivity index (χ1v) is 10.8. The second-order valence-electron chi connectivity index (χ2n) is 6.83. The summed E-state index contributed by atoms with van der Waals surface area (Å²) in [6, 6.07) is 15.0. The lowest BCUT2D eigenvalue weighted by molar-refractivity contribution is -0.113. The largest absolute Gasteiger partial charge is 0.497 e. The number of carbonyl (C=O) groups excluding carboxylic acids is 1. The molecule has 3 rings (SSSR count). The standard InChI is InChI=1S/C23H26N4O3S/c1-5-14-27-22(17(3)30-19-12-10-18(29-4)11-13-19)25-26-23(27)31-15-21(28)24-20-9-7-6-8-16(20)2/h5-13,17H,1,14-15H2,2-4H3,(H,24,28).